The lowest BCUT2D eigenvalue weighted by Crippen LogP contribution is -2.50. The van der Waals surface area contributed by atoms with Crippen molar-refractivity contribution in [3.63, 3.8) is 0 Å². The first-order valence-corrected chi connectivity index (χ1v) is 14.3. The van der Waals surface area contributed by atoms with Gasteiger partial charge in [-0.15, -0.1) is 0 Å². The molecule has 1 aromatic heterocycles. The number of nitrogens with zero attached hydrogens (tertiary/aromatic N) is 2. The van der Waals surface area contributed by atoms with Gasteiger partial charge in [0.25, 0.3) is 0 Å². The van der Waals surface area contributed by atoms with Gasteiger partial charge < -0.3 is 16.0 Å². The number of fused-ring (bicyclic) bond motifs is 1. The Hall–Kier alpha value is -2.47. The number of pyridine rings is 1. The number of rotatable bonds is 6. The van der Waals surface area contributed by atoms with E-state index in [2.05, 4.69) is 17.2 Å². The number of anilines is 1. The maximum atomic E-state index is 13.8. The molecule has 1 aliphatic heterocycles. The highest BCUT2D eigenvalue weighted by Gasteiger charge is 2.46. The second-order valence-electron chi connectivity index (χ2n) is 11.4. The first-order valence-electron chi connectivity index (χ1n) is 14.3. The molecule has 6 nitrogen and oxygen atoms in total. The minimum Gasteiger partial charge on any atom is -0.330 e. The third kappa shape index (κ3) is 5.29. The van der Waals surface area contributed by atoms with Crippen LogP contribution in [0.1, 0.15) is 77.6 Å². The Morgan fingerprint density at radius 1 is 1.06 bits per heavy atom. The first-order chi connectivity index (χ1) is 17.5. The Labute approximate surface area is 215 Å². The van der Waals surface area contributed by atoms with E-state index in [1.54, 1.807) is 6.20 Å². The summed E-state index contributed by atoms with van der Waals surface area (Å²) in [6.07, 6.45) is 13.7. The van der Waals surface area contributed by atoms with Crippen LogP contribution >= 0.6 is 0 Å². The molecule has 2 heterocycles. The molecule has 0 bridgehead atoms. The van der Waals surface area contributed by atoms with E-state index < -0.39 is 0 Å². The molecule has 0 spiro atoms. The molecule has 3 N–H and O–H groups in total. The van der Waals surface area contributed by atoms with Crippen molar-refractivity contribution in [1.29, 1.82) is 0 Å². The van der Waals surface area contributed by atoms with Gasteiger partial charge >= 0.3 is 0 Å². The summed E-state index contributed by atoms with van der Waals surface area (Å²) < 4.78 is 0. The fraction of sp³-hybridized carbons (Fsp3) is 0.633. The van der Waals surface area contributed by atoms with Gasteiger partial charge in [-0.05, 0) is 80.5 Å². The van der Waals surface area contributed by atoms with Gasteiger partial charge in [0.2, 0.25) is 11.8 Å². The monoisotopic (exact) mass is 490 g/mol. The molecule has 5 rings (SSSR count). The van der Waals surface area contributed by atoms with Crippen LogP contribution < -0.4 is 11.1 Å². The smallest absolute Gasteiger partial charge is 0.247 e. The zero-order valence-electron chi connectivity index (χ0n) is 21.7. The van der Waals surface area contributed by atoms with Crippen molar-refractivity contribution >= 4 is 28.4 Å². The number of carbonyl (C=O) groups excluding carboxylic acids is 2. The van der Waals surface area contributed by atoms with Crippen molar-refractivity contribution in [1.82, 2.24) is 9.88 Å². The summed E-state index contributed by atoms with van der Waals surface area (Å²) in [4.78, 5) is 34.0. The molecule has 0 radical (unpaired) electrons. The zero-order chi connectivity index (χ0) is 25.1. The summed E-state index contributed by atoms with van der Waals surface area (Å²) >= 11 is 0. The lowest BCUT2D eigenvalue weighted by atomic mass is 9.76. The third-order valence-electron chi connectivity index (χ3n) is 9.32. The van der Waals surface area contributed by atoms with Gasteiger partial charge in [-0.3, -0.25) is 14.6 Å². The van der Waals surface area contributed by atoms with Crippen LogP contribution in [0, 0.1) is 23.7 Å². The van der Waals surface area contributed by atoms with Gasteiger partial charge in [-0.25, -0.2) is 0 Å². The van der Waals surface area contributed by atoms with Gasteiger partial charge in [0, 0.05) is 35.8 Å². The number of nitrogens with one attached hydrogen (secondary N) is 1. The molecule has 2 saturated carbocycles. The predicted molar refractivity (Wildman–Crippen MR) is 144 cm³/mol. The summed E-state index contributed by atoms with van der Waals surface area (Å²) in [5, 5.41) is 4.19. The van der Waals surface area contributed by atoms with Crippen molar-refractivity contribution in [2.45, 2.75) is 89.6 Å². The number of aromatic nitrogens is 1. The Morgan fingerprint density at radius 2 is 1.83 bits per heavy atom. The molecular weight excluding hydrogens is 448 g/mol. The standard InChI is InChI=1S/C30H42N4O2/c1-2-26(31)21-10-12-22(13-11-21)30(36)34-18-16-25(20-7-4-3-5-8-20)28(34)29(35)33-24-14-15-27-23(19-24)9-6-17-32-27/h6,9,14-15,17,19-22,25-26,28H,2-5,7-8,10-13,16,18,31H2,1H3,(H,33,35)/t21-,22-,25-,26?,28-/m0/s1. The van der Waals surface area contributed by atoms with Crippen molar-refractivity contribution in [2.24, 2.45) is 29.4 Å². The van der Waals surface area contributed by atoms with E-state index in [0.717, 1.165) is 55.1 Å². The average Bonchev–Trinajstić information content (AvgIpc) is 3.38. The maximum Gasteiger partial charge on any atom is 0.247 e. The molecule has 2 aliphatic carbocycles. The molecule has 36 heavy (non-hydrogen) atoms. The maximum absolute atomic E-state index is 13.8. The molecule has 194 valence electrons. The summed E-state index contributed by atoms with van der Waals surface area (Å²) in [5.74, 6) is 1.50. The van der Waals surface area contributed by atoms with Crippen LogP contribution in [0.5, 0.6) is 0 Å². The minimum absolute atomic E-state index is 0.0254. The number of nitrogens with two attached hydrogens (primary N) is 1. The number of carbonyl (C=O) groups is 2. The summed E-state index contributed by atoms with van der Waals surface area (Å²) in [5.41, 5.74) is 7.99. The summed E-state index contributed by atoms with van der Waals surface area (Å²) in [6.45, 7) is 2.85. The van der Waals surface area contributed by atoms with Gasteiger partial charge in [0.05, 0.1) is 5.52 Å². The highest BCUT2D eigenvalue weighted by molar-refractivity contribution is 5.99. The van der Waals surface area contributed by atoms with Crippen molar-refractivity contribution in [3.8, 4) is 0 Å². The van der Waals surface area contributed by atoms with E-state index in [9.17, 15) is 9.59 Å². The highest BCUT2D eigenvalue weighted by atomic mass is 16.2. The van der Waals surface area contributed by atoms with Crippen LogP contribution in [-0.4, -0.2) is 40.3 Å². The molecule has 6 heteroatoms. The Kier molecular flexibility index (Phi) is 7.90. The van der Waals surface area contributed by atoms with Gasteiger partial charge in [0.1, 0.15) is 6.04 Å². The molecule has 3 fully saturated rings. The molecule has 1 saturated heterocycles. The fourth-order valence-corrected chi connectivity index (χ4v) is 7.19. The third-order valence-corrected chi connectivity index (χ3v) is 9.32. The van der Waals surface area contributed by atoms with Crippen LogP contribution in [0.15, 0.2) is 36.5 Å². The van der Waals surface area contributed by atoms with Crippen LogP contribution in [0.3, 0.4) is 0 Å². The molecule has 2 amide bonds. The van der Waals surface area contributed by atoms with E-state index in [1.165, 1.54) is 32.1 Å². The topological polar surface area (TPSA) is 88.3 Å². The normalized spacial score (nSPS) is 28.2. The van der Waals surface area contributed by atoms with E-state index in [1.807, 2.05) is 35.2 Å². The van der Waals surface area contributed by atoms with E-state index in [0.29, 0.717) is 18.4 Å². The highest BCUT2D eigenvalue weighted by Crippen LogP contribution is 2.41. The molecule has 1 aromatic carbocycles. The van der Waals surface area contributed by atoms with Crippen molar-refractivity contribution in [3.05, 3.63) is 36.5 Å². The minimum atomic E-state index is -0.374. The van der Waals surface area contributed by atoms with Gasteiger partial charge in [-0.1, -0.05) is 45.1 Å². The zero-order valence-corrected chi connectivity index (χ0v) is 21.7. The lowest BCUT2D eigenvalue weighted by Gasteiger charge is -2.37. The van der Waals surface area contributed by atoms with Crippen LogP contribution in [0.2, 0.25) is 0 Å². The lowest BCUT2D eigenvalue weighted by molar-refractivity contribution is -0.142. The van der Waals surface area contributed by atoms with Gasteiger partial charge in [0.15, 0.2) is 0 Å². The van der Waals surface area contributed by atoms with Crippen LogP contribution in [0.4, 0.5) is 5.69 Å². The molecule has 3 aliphatic rings. The number of hydrogen-bond donors (Lipinski definition) is 2. The van der Waals surface area contributed by atoms with E-state index >= 15 is 0 Å². The van der Waals surface area contributed by atoms with Crippen LogP contribution in [0.25, 0.3) is 10.9 Å². The molecular formula is C30H42N4O2. The quantitative estimate of drug-likeness (QED) is 0.558. The Morgan fingerprint density at radius 3 is 2.58 bits per heavy atom. The first kappa shape index (κ1) is 25.2. The van der Waals surface area contributed by atoms with Crippen LogP contribution in [-0.2, 0) is 9.59 Å². The number of amides is 2. The second kappa shape index (κ2) is 11.3. The van der Waals surface area contributed by atoms with Crippen molar-refractivity contribution < 1.29 is 9.59 Å². The fourth-order valence-electron chi connectivity index (χ4n) is 7.19. The largest absolute Gasteiger partial charge is 0.330 e. The van der Waals surface area contributed by atoms with Gasteiger partial charge in [-0.2, -0.15) is 0 Å². The van der Waals surface area contributed by atoms with Crippen molar-refractivity contribution in [2.75, 3.05) is 11.9 Å². The summed E-state index contributed by atoms with van der Waals surface area (Å²) in [7, 11) is 0. The Bertz CT molecular complexity index is 1060. The molecule has 3 atom stereocenters. The van der Waals surface area contributed by atoms with E-state index in [4.69, 9.17) is 5.73 Å². The second-order valence-corrected chi connectivity index (χ2v) is 11.4. The number of hydrogen-bond acceptors (Lipinski definition) is 4. The average molecular weight is 491 g/mol. The predicted octanol–water partition coefficient (Wildman–Crippen LogP) is 5.51. The van der Waals surface area contributed by atoms with E-state index in [-0.39, 0.29) is 35.7 Å². The summed E-state index contributed by atoms with van der Waals surface area (Å²) in [6, 6.07) is 9.62. The Balaban J connectivity index is 1.33. The molecule has 2 aromatic rings. The molecule has 1 unspecified atom stereocenters. The SMILES string of the molecule is CCC(N)[C@H]1CC[C@H](C(=O)N2CC[C@@H](C3CCCCC3)[C@H]2C(=O)Nc2ccc3ncccc3c2)CC1. The number of benzene rings is 1. The number of likely N-dealkylation sites (tertiary alicyclic amines) is 1.